The number of benzene rings is 2. The van der Waals surface area contributed by atoms with E-state index in [1.165, 1.54) is 5.56 Å². The molecule has 0 aliphatic heterocycles. The van der Waals surface area contributed by atoms with Crippen LogP contribution in [0.15, 0.2) is 54.6 Å². The Morgan fingerprint density at radius 3 is 2.50 bits per heavy atom. The highest BCUT2D eigenvalue weighted by Gasteiger charge is 2.08. The third kappa shape index (κ3) is 3.61. The lowest BCUT2D eigenvalue weighted by molar-refractivity contribution is 0.949. The van der Waals surface area contributed by atoms with Crippen molar-refractivity contribution in [2.45, 2.75) is 11.5 Å². The Hall–Kier alpha value is -1.56. The monoisotopic (exact) mass is 347 g/mol. The van der Waals surface area contributed by atoms with Gasteiger partial charge in [0.05, 0.1) is 5.75 Å². The lowest BCUT2D eigenvalue weighted by Crippen LogP contribution is -2.00. The van der Waals surface area contributed by atoms with Crippen molar-refractivity contribution >= 4 is 35.6 Å². The molecule has 112 valence electrons. The number of halogens is 1. The smallest absolute Gasteiger partial charge is 0.199 e. The lowest BCUT2D eigenvalue weighted by atomic mass is 10.2. The first-order valence-electron chi connectivity index (χ1n) is 6.78. The maximum absolute atomic E-state index is 5.90. The summed E-state index contributed by atoms with van der Waals surface area (Å²) >= 11 is 13.0. The van der Waals surface area contributed by atoms with Crippen LogP contribution in [0, 0.1) is 4.77 Å². The average molecular weight is 348 g/mol. The Morgan fingerprint density at radius 2 is 1.77 bits per heavy atom. The zero-order valence-electron chi connectivity index (χ0n) is 11.7. The van der Waals surface area contributed by atoms with Crippen molar-refractivity contribution in [3.8, 4) is 5.69 Å². The molecule has 3 nitrogen and oxygen atoms in total. The van der Waals surface area contributed by atoms with Crippen molar-refractivity contribution in [3.63, 3.8) is 0 Å². The molecule has 3 rings (SSSR count). The number of aromatic amines is 1. The number of nitrogens with zero attached hydrogens (tertiary/aromatic N) is 2. The van der Waals surface area contributed by atoms with Gasteiger partial charge >= 0.3 is 0 Å². The number of H-pyrrole nitrogens is 1. The topological polar surface area (TPSA) is 33.6 Å². The largest absolute Gasteiger partial charge is 0.271 e. The number of rotatable bonds is 5. The second-order valence-electron chi connectivity index (χ2n) is 4.74. The molecule has 0 bridgehead atoms. The summed E-state index contributed by atoms with van der Waals surface area (Å²) in [5, 5.41) is 7.98. The van der Waals surface area contributed by atoms with Gasteiger partial charge in [0.1, 0.15) is 5.82 Å². The highest BCUT2D eigenvalue weighted by atomic mass is 35.5. The van der Waals surface area contributed by atoms with Crippen LogP contribution < -0.4 is 0 Å². The van der Waals surface area contributed by atoms with Gasteiger partial charge in [0.15, 0.2) is 4.77 Å². The molecular weight excluding hydrogens is 334 g/mol. The fourth-order valence-corrected chi connectivity index (χ4v) is 3.40. The maximum atomic E-state index is 5.90. The predicted molar refractivity (Wildman–Crippen MR) is 95.2 cm³/mol. The molecule has 6 heteroatoms. The number of thioether (sulfide) groups is 1. The van der Waals surface area contributed by atoms with E-state index < -0.39 is 0 Å². The molecule has 2 aromatic carbocycles. The summed E-state index contributed by atoms with van der Waals surface area (Å²) in [6, 6.07) is 17.9. The van der Waals surface area contributed by atoms with Crippen molar-refractivity contribution in [1.82, 2.24) is 14.8 Å². The minimum Gasteiger partial charge on any atom is -0.271 e. The van der Waals surface area contributed by atoms with Gasteiger partial charge in [0.25, 0.3) is 0 Å². The molecule has 0 fully saturated rings. The van der Waals surface area contributed by atoms with Crippen LogP contribution in [0.1, 0.15) is 11.4 Å². The van der Waals surface area contributed by atoms with E-state index in [9.17, 15) is 0 Å². The summed E-state index contributed by atoms with van der Waals surface area (Å²) in [7, 11) is 0. The standard InChI is InChI=1S/C16H14ClN3S2/c17-13-8-6-12(7-9-13)10-22-11-15-18-19-16(21)20(15)14-4-2-1-3-5-14/h1-9H,10-11H2,(H,19,21). The number of hydrogen-bond acceptors (Lipinski definition) is 3. The molecule has 1 aromatic heterocycles. The minimum atomic E-state index is 0.619. The number of hydrogen-bond donors (Lipinski definition) is 1. The van der Waals surface area contributed by atoms with Gasteiger partial charge in [-0.05, 0) is 42.0 Å². The highest BCUT2D eigenvalue weighted by molar-refractivity contribution is 7.97. The van der Waals surface area contributed by atoms with E-state index in [2.05, 4.69) is 10.2 Å². The SMILES string of the molecule is S=c1[nH]nc(CSCc2ccc(Cl)cc2)n1-c1ccccc1. The van der Waals surface area contributed by atoms with Crippen molar-refractivity contribution in [2.24, 2.45) is 0 Å². The Morgan fingerprint density at radius 1 is 1.05 bits per heavy atom. The molecule has 1 N–H and O–H groups in total. The first-order valence-corrected chi connectivity index (χ1v) is 8.72. The van der Waals surface area contributed by atoms with Crippen LogP contribution in [-0.4, -0.2) is 14.8 Å². The highest BCUT2D eigenvalue weighted by Crippen LogP contribution is 2.20. The summed E-state index contributed by atoms with van der Waals surface area (Å²) in [6.07, 6.45) is 0. The molecule has 0 aliphatic carbocycles. The van der Waals surface area contributed by atoms with E-state index in [0.717, 1.165) is 28.0 Å². The molecule has 0 saturated heterocycles. The minimum absolute atomic E-state index is 0.619. The van der Waals surface area contributed by atoms with Crippen LogP contribution in [0.4, 0.5) is 0 Å². The summed E-state index contributed by atoms with van der Waals surface area (Å²) in [4.78, 5) is 0. The summed E-state index contributed by atoms with van der Waals surface area (Å²) in [5.41, 5.74) is 2.28. The van der Waals surface area contributed by atoms with Crippen LogP contribution in [0.25, 0.3) is 5.69 Å². The maximum Gasteiger partial charge on any atom is 0.199 e. The Labute approximate surface area is 143 Å². The molecule has 0 aliphatic rings. The molecule has 3 aromatic rings. The van der Waals surface area contributed by atoms with Gasteiger partial charge in [-0.3, -0.25) is 9.67 Å². The molecule has 0 spiro atoms. The zero-order chi connectivity index (χ0) is 15.4. The van der Waals surface area contributed by atoms with Gasteiger partial charge in [-0.1, -0.05) is 41.9 Å². The second kappa shape index (κ2) is 7.13. The van der Waals surface area contributed by atoms with E-state index >= 15 is 0 Å². The first kappa shape index (κ1) is 15.3. The average Bonchev–Trinajstić information content (AvgIpc) is 2.91. The number of para-hydroxylation sites is 1. The quantitative estimate of drug-likeness (QED) is 0.658. The van der Waals surface area contributed by atoms with E-state index in [4.69, 9.17) is 23.8 Å². The molecule has 22 heavy (non-hydrogen) atoms. The summed E-state index contributed by atoms with van der Waals surface area (Å²) < 4.78 is 2.60. The first-order chi connectivity index (χ1) is 10.7. The molecule has 0 unspecified atom stereocenters. The molecule has 0 atom stereocenters. The van der Waals surface area contributed by atoms with Crippen molar-refractivity contribution in [1.29, 1.82) is 0 Å². The molecular formula is C16H14ClN3S2. The van der Waals surface area contributed by atoms with Gasteiger partial charge < -0.3 is 0 Å². The van der Waals surface area contributed by atoms with Gasteiger partial charge in [-0.2, -0.15) is 5.10 Å². The van der Waals surface area contributed by atoms with Crippen LogP contribution in [0.5, 0.6) is 0 Å². The van der Waals surface area contributed by atoms with E-state index in [1.807, 2.05) is 59.2 Å². The molecule has 0 radical (unpaired) electrons. The Kier molecular flexibility index (Phi) is 4.97. The Bertz CT molecular complexity index is 794. The third-order valence-corrected chi connectivity index (χ3v) is 4.69. The van der Waals surface area contributed by atoms with Gasteiger partial charge in [-0.15, -0.1) is 11.8 Å². The third-order valence-electron chi connectivity index (χ3n) is 3.17. The van der Waals surface area contributed by atoms with Crippen LogP contribution in [-0.2, 0) is 11.5 Å². The van der Waals surface area contributed by atoms with E-state index in [0.29, 0.717) is 4.77 Å². The van der Waals surface area contributed by atoms with E-state index in [-0.39, 0.29) is 0 Å². The zero-order valence-corrected chi connectivity index (χ0v) is 14.1. The number of aromatic nitrogens is 3. The van der Waals surface area contributed by atoms with Gasteiger partial charge in [-0.25, -0.2) is 0 Å². The Balaban J connectivity index is 1.71. The molecule has 1 heterocycles. The summed E-state index contributed by atoms with van der Waals surface area (Å²) in [6.45, 7) is 0. The fourth-order valence-electron chi connectivity index (χ4n) is 2.11. The van der Waals surface area contributed by atoms with Crippen LogP contribution in [0.3, 0.4) is 0 Å². The van der Waals surface area contributed by atoms with Crippen LogP contribution >= 0.6 is 35.6 Å². The normalized spacial score (nSPS) is 10.8. The molecule has 0 amide bonds. The van der Waals surface area contributed by atoms with Crippen molar-refractivity contribution < 1.29 is 0 Å². The summed E-state index contributed by atoms with van der Waals surface area (Å²) in [5.74, 6) is 2.62. The van der Waals surface area contributed by atoms with E-state index in [1.54, 1.807) is 11.8 Å². The fraction of sp³-hybridized carbons (Fsp3) is 0.125. The lowest BCUT2D eigenvalue weighted by Gasteiger charge is -2.06. The predicted octanol–water partition coefficient (Wildman–Crippen LogP) is 5.02. The second-order valence-corrected chi connectivity index (χ2v) is 6.54. The van der Waals surface area contributed by atoms with Crippen molar-refractivity contribution in [2.75, 3.05) is 0 Å². The number of nitrogens with one attached hydrogen (secondary N) is 1. The molecule has 0 saturated carbocycles. The van der Waals surface area contributed by atoms with Crippen molar-refractivity contribution in [3.05, 3.63) is 75.8 Å². The van der Waals surface area contributed by atoms with Gasteiger partial charge in [0.2, 0.25) is 0 Å². The van der Waals surface area contributed by atoms with Gasteiger partial charge in [0, 0.05) is 16.5 Å². The van der Waals surface area contributed by atoms with Crippen LogP contribution in [0.2, 0.25) is 5.02 Å².